The zero-order valence-electron chi connectivity index (χ0n) is 4.40. The van der Waals surface area contributed by atoms with Gasteiger partial charge in [-0.1, -0.05) is 11.9 Å². The molecule has 1 aliphatic rings. The lowest BCUT2D eigenvalue weighted by Gasteiger charge is -2.26. The van der Waals surface area contributed by atoms with Crippen molar-refractivity contribution in [1.29, 1.82) is 0 Å². The zero-order chi connectivity index (χ0) is 5.11. The van der Waals surface area contributed by atoms with Crippen molar-refractivity contribution in [1.82, 2.24) is 10.0 Å². The van der Waals surface area contributed by atoms with Crippen molar-refractivity contribution in [3.05, 3.63) is 0 Å². The summed E-state index contributed by atoms with van der Waals surface area (Å²) in [7, 11) is 0. The molecule has 1 heterocycles. The fourth-order valence-corrected chi connectivity index (χ4v) is 1.04. The first-order valence-electron chi connectivity index (χ1n) is 2.42. The van der Waals surface area contributed by atoms with Gasteiger partial charge in [-0.25, -0.2) is 0 Å². The molecule has 0 aromatic carbocycles. The molecule has 3 heteroatoms. The van der Waals surface area contributed by atoms with E-state index in [-0.39, 0.29) is 0 Å². The van der Waals surface area contributed by atoms with Crippen LogP contribution in [0.2, 0.25) is 0 Å². The highest BCUT2D eigenvalue weighted by Gasteiger charge is 2.13. The Morgan fingerprint density at radius 1 is 1.71 bits per heavy atom. The van der Waals surface area contributed by atoms with E-state index in [2.05, 4.69) is 16.3 Å². The molecule has 0 radical (unpaired) electrons. The van der Waals surface area contributed by atoms with Crippen molar-refractivity contribution in [3.8, 4) is 0 Å². The van der Waals surface area contributed by atoms with Crippen LogP contribution in [0.3, 0.4) is 0 Å². The Balaban J connectivity index is 1.93. The van der Waals surface area contributed by atoms with E-state index < -0.39 is 0 Å². The van der Waals surface area contributed by atoms with Gasteiger partial charge in [0.15, 0.2) is 0 Å². The fraction of sp³-hybridized carbons (Fsp3) is 1.00. The molecular weight excluding hydrogens is 108 g/mol. The Kier molecular flexibility index (Phi) is 1.97. The van der Waals surface area contributed by atoms with Crippen LogP contribution in [0.1, 0.15) is 0 Å². The summed E-state index contributed by atoms with van der Waals surface area (Å²) in [5.41, 5.74) is 0. The second kappa shape index (κ2) is 2.55. The van der Waals surface area contributed by atoms with E-state index in [0.29, 0.717) is 0 Å². The molecule has 0 spiro atoms. The summed E-state index contributed by atoms with van der Waals surface area (Å²) in [5.74, 6) is 0. The van der Waals surface area contributed by atoms with Crippen LogP contribution in [0.5, 0.6) is 0 Å². The van der Waals surface area contributed by atoms with Crippen LogP contribution in [-0.2, 0) is 0 Å². The van der Waals surface area contributed by atoms with E-state index in [1.54, 1.807) is 11.9 Å². The van der Waals surface area contributed by atoms with E-state index >= 15 is 0 Å². The van der Waals surface area contributed by atoms with Gasteiger partial charge in [0.25, 0.3) is 0 Å². The molecule has 0 aromatic heterocycles. The van der Waals surface area contributed by atoms with Crippen LogP contribution in [0.25, 0.3) is 0 Å². The quantitative estimate of drug-likeness (QED) is 0.492. The van der Waals surface area contributed by atoms with Crippen molar-refractivity contribution in [2.75, 3.05) is 19.3 Å². The lowest BCUT2D eigenvalue weighted by Crippen LogP contribution is -2.53. The number of rotatable bonds is 2. The zero-order valence-corrected chi connectivity index (χ0v) is 5.22. The standard InChI is InChI=1S/C4H10N2S/c1-7-6-4-2-5-3-4/h4-6H,2-3H2,1H3. The summed E-state index contributed by atoms with van der Waals surface area (Å²) in [6, 6.07) is 0.731. The van der Waals surface area contributed by atoms with Gasteiger partial charge in [0.2, 0.25) is 0 Å². The Morgan fingerprint density at radius 2 is 2.43 bits per heavy atom. The topological polar surface area (TPSA) is 24.1 Å². The van der Waals surface area contributed by atoms with Gasteiger partial charge in [-0.3, -0.25) is 4.72 Å². The van der Waals surface area contributed by atoms with Crippen molar-refractivity contribution in [3.63, 3.8) is 0 Å². The first-order chi connectivity index (χ1) is 3.43. The number of nitrogens with one attached hydrogen (secondary N) is 2. The SMILES string of the molecule is CSNC1CNC1. The summed E-state index contributed by atoms with van der Waals surface area (Å²) in [6.45, 7) is 2.28. The first kappa shape index (κ1) is 5.41. The van der Waals surface area contributed by atoms with E-state index in [0.717, 1.165) is 19.1 Å². The maximum absolute atomic E-state index is 3.24. The van der Waals surface area contributed by atoms with Crippen molar-refractivity contribution in [2.45, 2.75) is 6.04 Å². The van der Waals surface area contributed by atoms with Crippen LogP contribution in [-0.4, -0.2) is 25.4 Å². The third-order valence-electron chi connectivity index (χ3n) is 1.07. The largest absolute Gasteiger partial charge is 0.313 e. The van der Waals surface area contributed by atoms with Gasteiger partial charge in [-0.2, -0.15) is 0 Å². The highest BCUT2D eigenvalue weighted by Crippen LogP contribution is 1.94. The Morgan fingerprint density at radius 3 is 2.57 bits per heavy atom. The lowest BCUT2D eigenvalue weighted by atomic mass is 10.2. The molecule has 7 heavy (non-hydrogen) atoms. The molecule has 2 nitrogen and oxygen atoms in total. The van der Waals surface area contributed by atoms with Crippen LogP contribution in [0, 0.1) is 0 Å². The maximum Gasteiger partial charge on any atom is 0.0421 e. The summed E-state index contributed by atoms with van der Waals surface area (Å²) in [4.78, 5) is 0. The van der Waals surface area contributed by atoms with E-state index in [1.807, 2.05) is 0 Å². The van der Waals surface area contributed by atoms with Gasteiger partial charge >= 0.3 is 0 Å². The van der Waals surface area contributed by atoms with Gasteiger partial charge in [0.05, 0.1) is 0 Å². The third kappa shape index (κ3) is 1.33. The van der Waals surface area contributed by atoms with Crippen LogP contribution < -0.4 is 10.0 Å². The average Bonchev–Trinajstić information content (AvgIpc) is 1.55. The van der Waals surface area contributed by atoms with Gasteiger partial charge in [0.1, 0.15) is 0 Å². The van der Waals surface area contributed by atoms with E-state index in [4.69, 9.17) is 0 Å². The molecule has 0 unspecified atom stereocenters. The molecule has 0 atom stereocenters. The Labute approximate surface area is 48.2 Å². The third-order valence-corrected chi connectivity index (χ3v) is 1.64. The molecule has 1 rings (SSSR count). The van der Waals surface area contributed by atoms with Crippen LogP contribution in [0.15, 0.2) is 0 Å². The second-order valence-corrected chi connectivity index (χ2v) is 2.32. The normalized spacial score (nSPS) is 21.9. The first-order valence-corrected chi connectivity index (χ1v) is 3.65. The predicted octanol–water partition coefficient (Wildman–Crippen LogP) is -0.174. The predicted molar refractivity (Wildman–Crippen MR) is 33.3 cm³/mol. The summed E-state index contributed by atoms with van der Waals surface area (Å²) >= 11 is 1.70. The van der Waals surface area contributed by atoms with Crippen molar-refractivity contribution in [2.24, 2.45) is 0 Å². The van der Waals surface area contributed by atoms with Crippen LogP contribution >= 0.6 is 11.9 Å². The van der Waals surface area contributed by atoms with Gasteiger partial charge in [-0.05, 0) is 6.26 Å². The molecular formula is C4H10N2S. The molecule has 1 saturated heterocycles. The lowest BCUT2D eigenvalue weighted by molar-refractivity contribution is 0.424. The second-order valence-electron chi connectivity index (χ2n) is 1.68. The molecule has 42 valence electrons. The molecule has 0 amide bonds. The van der Waals surface area contributed by atoms with Crippen molar-refractivity contribution < 1.29 is 0 Å². The number of hydrogen-bond acceptors (Lipinski definition) is 3. The van der Waals surface area contributed by atoms with Gasteiger partial charge in [-0.15, -0.1) is 0 Å². The minimum absolute atomic E-state index is 0.731. The highest BCUT2D eigenvalue weighted by molar-refractivity contribution is 7.96. The molecule has 2 N–H and O–H groups in total. The van der Waals surface area contributed by atoms with Crippen LogP contribution in [0.4, 0.5) is 0 Å². The number of hydrogen-bond donors (Lipinski definition) is 2. The minimum atomic E-state index is 0.731. The molecule has 1 fully saturated rings. The smallest absolute Gasteiger partial charge is 0.0421 e. The monoisotopic (exact) mass is 118 g/mol. The van der Waals surface area contributed by atoms with E-state index in [1.165, 1.54) is 0 Å². The Bertz CT molecular complexity index is 53.7. The average molecular weight is 118 g/mol. The molecule has 1 aliphatic heterocycles. The molecule has 0 aromatic rings. The van der Waals surface area contributed by atoms with Gasteiger partial charge in [0, 0.05) is 19.1 Å². The summed E-state index contributed by atoms with van der Waals surface area (Å²) < 4.78 is 3.24. The highest BCUT2D eigenvalue weighted by atomic mass is 32.2. The minimum Gasteiger partial charge on any atom is -0.313 e. The van der Waals surface area contributed by atoms with Gasteiger partial charge < -0.3 is 5.32 Å². The summed E-state index contributed by atoms with van der Waals surface area (Å²) in [6.07, 6.45) is 2.05. The summed E-state index contributed by atoms with van der Waals surface area (Å²) in [5, 5.41) is 3.17. The molecule has 0 aliphatic carbocycles. The Hall–Kier alpha value is 0.270. The maximum atomic E-state index is 3.24. The van der Waals surface area contributed by atoms with E-state index in [9.17, 15) is 0 Å². The molecule has 0 saturated carbocycles. The molecule has 0 bridgehead atoms. The fourth-order valence-electron chi connectivity index (χ4n) is 0.539. The van der Waals surface area contributed by atoms with Crippen molar-refractivity contribution >= 4 is 11.9 Å².